The first kappa shape index (κ1) is 11.9. The van der Waals surface area contributed by atoms with Gasteiger partial charge in [0.15, 0.2) is 0 Å². The van der Waals surface area contributed by atoms with Gasteiger partial charge < -0.3 is 9.64 Å². The molecular weight excluding hydrogens is 204 g/mol. The Morgan fingerprint density at radius 3 is 2.88 bits per heavy atom. The van der Waals surface area contributed by atoms with Gasteiger partial charge in [-0.05, 0) is 33.1 Å². The smallest absolute Gasteiger partial charge is 0.244 e. The van der Waals surface area contributed by atoms with Crippen LogP contribution < -0.4 is 5.32 Å². The van der Waals surface area contributed by atoms with E-state index in [1.165, 1.54) is 0 Å². The Morgan fingerprint density at radius 1 is 1.62 bits per heavy atom. The molecule has 4 nitrogen and oxygen atoms in total. The number of hydrogen-bond donors (Lipinski definition) is 1. The van der Waals surface area contributed by atoms with Gasteiger partial charge in [-0.1, -0.05) is 6.92 Å². The molecule has 2 rings (SSSR count). The minimum Gasteiger partial charge on any atom is -0.379 e. The standard InChI is InChI=1S/C12H22N2O2/c1-4-12(3)11(15)14(9(2)13-12)10-6-5-7-16-8-10/h9-10,13H,4-8H2,1-3H3. The molecule has 0 aromatic heterocycles. The van der Waals surface area contributed by atoms with Crippen LogP contribution >= 0.6 is 0 Å². The second-order valence-electron chi connectivity index (χ2n) is 5.09. The van der Waals surface area contributed by atoms with Gasteiger partial charge in [-0.15, -0.1) is 0 Å². The molecule has 2 aliphatic rings. The van der Waals surface area contributed by atoms with Gasteiger partial charge in [0.1, 0.15) is 0 Å². The zero-order valence-corrected chi connectivity index (χ0v) is 10.5. The molecule has 2 aliphatic heterocycles. The normalized spacial score (nSPS) is 40.4. The maximum absolute atomic E-state index is 12.4. The molecule has 3 unspecified atom stereocenters. The highest BCUT2D eigenvalue weighted by atomic mass is 16.5. The average Bonchev–Trinajstić information content (AvgIpc) is 2.52. The van der Waals surface area contributed by atoms with E-state index in [1.54, 1.807) is 0 Å². The molecule has 1 amide bonds. The lowest BCUT2D eigenvalue weighted by Gasteiger charge is -2.33. The van der Waals surface area contributed by atoms with Crippen molar-refractivity contribution in [3.63, 3.8) is 0 Å². The van der Waals surface area contributed by atoms with Gasteiger partial charge in [0.2, 0.25) is 5.91 Å². The van der Waals surface area contributed by atoms with Crippen LogP contribution in [0.2, 0.25) is 0 Å². The number of nitrogens with zero attached hydrogens (tertiary/aromatic N) is 1. The second kappa shape index (κ2) is 4.34. The third-order valence-corrected chi connectivity index (χ3v) is 3.89. The van der Waals surface area contributed by atoms with Gasteiger partial charge >= 0.3 is 0 Å². The van der Waals surface area contributed by atoms with Crippen LogP contribution in [0.25, 0.3) is 0 Å². The quantitative estimate of drug-likeness (QED) is 0.767. The van der Waals surface area contributed by atoms with Crippen molar-refractivity contribution in [3.05, 3.63) is 0 Å². The molecule has 0 aromatic carbocycles. The van der Waals surface area contributed by atoms with Crippen molar-refractivity contribution in [2.45, 2.75) is 57.8 Å². The highest BCUT2D eigenvalue weighted by Crippen LogP contribution is 2.27. The van der Waals surface area contributed by atoms with Crippen LogP contribution in [0, 0.1) is 0 Å². The molecule has 1 N–H and O–H groups in total. The fourth-order valence-corrected chi connectivity index (χ4v) is 2.73. The van der Waals surface area contributed by atoms with Gasteiger partial charge in [-0.25, -0.2) is 0 Å². The van der Waals surface area contributed by atoms with Crippen molar-refractivity contribution >= 4 is 5.91 Å². The van der Waals surface area contributed by atoms with Crippen molar-refractivity contribution in [2.75, 3.05) is 13.2 Å². The summed E-state index contributed by atoms with van der Waals surface area (Å²) in [5, 5.41) is 3.40. The van der Waals surface area contributed by atoms with E-state index < -0.39 is 0 Å². The molecule has 0 aliphatic carbocycles. The lowest BCUT2D eigenvalue weighted by atomic mass is 9.98. The SMILES string of the molecule is CCC1(C)NC(C)N(C2CCCOC2)C1=O. The monoisotopic (exact) mass is 226 g/mol. The number of rotatable bonds is 2. The summed E-state index contributed by atoms with van der Waals surface area (Å²) in [7, 11) is 0. The van der Waals surface area contributed by atoms with Gasteiger partial charge in [-0.3, -0.25) is 10.1 Å². The minimum atomic E-state index is -0.378. The maximum atomic E-state index is 12.4. The van der Waals surface area contributed by atoms with Crippen molar-refractivity contribution in [2.24, 2.45) is 0 Å². The number of carbonyl (C=O) groups is 1. The highest BCUT2D eigenvalue weighted by Gasteiger charge is 2.47. The lowest BCUT2D eigenvalue weighted by molar-refractivity contribution is -0.137. The van der Waals surface area contributed by atoms with Crippen molar-refractivity contribution in [1.29, 1.82) is 0 Å². The second-order valence-corrected chi connectivity index (χ2v) is 5.09. The fourth-order valence-electron chi connectivity index (χ4n) is 2.73. The van der Waals surface area contributed by atoms with Crippen molar-refractivity contribution in [3.8, 4) is 0 Å². The predicted octanol–water partition coefficient (Wildman–Crippen LogP) is 1.11. The van der Waals surface area contributed by atoms with Crippen LogP contribution in [0.15, 0.2) is 0 Å². The third-order valence-electron chi connectivity index (χ3n) is 3.89. The first-order valence-corrected chi connectivity index (χ1v) is 6.26. The zero-order chi connectivity index (χ0) is 11.8. The summed E-state index contributed by atoms with van der Waals surface area (Å²) < 4.78 is 5.47. The number of amides is 1. The van der Waals surface area contributed by atoms with E-state index in [0.29, 0.717) is 6.61 Å². The molecule has 0 bridgehead atoms. The molecule has 0 aromatic rings. The number of carbonyl (C=O) groups excluding carboxylic acids is 1. The fraction of sp³-hybridized carbons (Fsp3) is 0.917. The molecule has 0 radical (unpaired) electrons. The average molecular weight is 226 g/mol. The predicted molar refractivity (Wildman–Crippen MR) is 62.0 cm³/mol. The summed E-state index contributed by atoms with van der Waals surface area (Å²) in [4.78, 5) is 14.4. The van der Waals surface area contributed by atoms with Crippen LogP contribution in [-0.2, 0) is 9.53 Å². The van der Waals surface area contributed by atoms with E-state index in [9.17, 15) is 4.79 Å². The van der Waals surface area contributed by atoms with Crippen molar-refractivity contribution in [1.82, 2.24) is 10.2 Å². The lowest BCUT2D eigenvalue weighted by Crippen LogP contribution is -2.48. The Balaban J connectivity index is 2.12. The molecule has 2 fully saturated rings. The molecule has 0 spiro atoms. The Hall–Kier alpha value is -0.610. The van der Waals surface area contributed by atoms with E-state index in [1.807, 2.05) is 11.8 Å². The number of ether oxygens (including phenoxy) is 1. The summed E-state index contributed by atoms with van der Waals surface area (Å²) in [6.07, 6.45) is 3.09. The van der Waals surface area contributed by atoms with Crippen molar-refractivity contribution < 1.29 is 9.53 Å². The molecule has 16 heavy (non-hydrogen) atoms. The summed E-state index contributed by atoms with van der Waals surface area (Å²) in [6, 6.07) is 0.261. The molecular formula is C12H22N2O2. The number of hydrogen-bond acceptors (Lipinski definition) is 3. The Bertz CT molecular complexity index is 276. The molecule has 2 saturated heterocycles. The largest absolute Gasteiger partial charge is 0.379 e. The van der Waals surface area contributed by atoms with Crippen LogP contribution in [0.4, 0.5) is 0 Å². The maximum Gasteiger partial charge on any atom is 0.244 e. The molecule has 4 heteroatoms. The van der Waals surface area contributed by atoms with Gasteiger partial charge in [0.25, 0.3) is 0 Å². The van der Waals surface area contributed by atoms with E-state index in [-0.39, 0.29) is 23.7 Å². The summed E-state index contributed by atoms with van der Waals surface area (Å²) in [5.74, 6) is 0.234. The van der Waals surface area contributed by atoms with Gasteiger partial charge in [0.05, 0.1) is 24.4 Å². The Morgan fingerprint density at radius 2 is 2.38 bits per heavy atom. The summed E-state index contributed by atoms with van der Waals surface area (Å²) in [5.41, 5.74) is -0.378. The Kier molecular flexibility index (Phi) is 3.22. The van der Waals surface area contributed by atoms with E-state index in [2.05, 4.69) is 19.2 Å². The number of nitrogens with one attached hydrogen (secondary N) is 1. The van der Waals surface area contributed by atoms with Crippen LogP contribution in [0.5, 0.6) is 0 Å². The Labute approximate surface area is 97.3 Å². The highest BCUT2D eigenvalue weighted by molar-refractivity contribution is 5.88. The van der Waals surface area contributed by atoms with E-state index in [0.717, 1.165) is 25.9 Å². The molecule has 92 valence electrons. The van der Waals surface area contributed by atoms with Gasteiger partial charge in [-0.2, -0.15) is 0 Å². The summed E-state index contributed by atoms with van der Waals surface area (Å²) in [6.45, 7) is 7.64. The van der Waals surface area contributed by atoms with E-state index in [4.69, 9.17) is 4.74 Å². The topological polar surface area (TPSA) is 41.6 Å². The van der Waals surface area contributed by atoms with E-state index >= 15 is 0 Å². The molecule has 0 saturated carbocycles. The summed E-state index contributed by atoms with van der Waals surface area (Å²) >= 11 is 0. The minimum absolute atomic E-state index is 0.129. The van der Waals surface area contributed by atoms with Gasteiger partial charge in [0, 0.05) is 6.61 Å². The first-order valence-electron chi connectivity index (χ1n) is 6.26. The first-order chi connectivity index (χ1) is 7.58. The van der Waals surface area contributed by atoms with Crippen LogP contribution in [0.3, 0.4) is 0 Å². The van der Waals surface area contributed by atoms with Crippen LogP contribution in [0.1, 0.15) is 40.0 Å². The molecule has 3 atom stereocenters. The zero-order valence-electron chi connectivity index (χ0n) is 10.5. The van der Waals surface area contributed by atoms with Crippen LogP contribution in [-0.4, -0.2) is 41.8 Å². The molecule has 2 heterocycles. The third kappa shape index (κ3) is 1.84.